The highest BCUT2D eigenvalue weighted by Gasteiger charge is 2.19. The van der Waals surface area contributed by atoms with Crippen LogP contribution in [0, 0.1) is 0 Å². The van der Waals surface area contributed by atoms with E-state index in [-0.39, 0.29) is 11.9 Å². The van der Waals surface area contributed by atoms with Crippen LogP contribution < -0.4 is 5.32 Å². The zero-order valence-corrected chi connectivity index (χ0v) is 11.7. The van der Waals surface area contributed by atoms with Crippen molar-refractivity contribution in [2.75, 3.05) is 14.2 Å². The summed E-state index contributed by atoms with van der Waals surface area (Å²) in [4.78, 5) is 23.8. The van der Waals surface area contributed by atoms with Crippen LogP contribution in [0.2, 0.25) is 0 Å². The molecule has 0 aliphatic rings. The molecule has 0 aliphatic heterocycles. The van der Waals surface area contributed by atoms with Crippen LogP contribution in [0.25, 0.3) is 16.4 Å². The quantitative estimate of drug-likeness (QED) is 0.733. The van der Waals surface area contributed by atoms with Crippen molar-refractivity contribution in [3.63, 3.8) is 0 Å². The predicted molar refractivity (Wildman–Crippen MR) is 79.6 cm³/mol. The Labute approximate surface area is 121 Å². The number of esters is 1. The third kappa shape index (κ3) is 1.94. The highest BCUT2D eigenvalue weighted by Crippen LogP contribution is 2.27. The van der Waals surface area contributed by atoms with Gasteiger partial charge in [-0.3, -0.25) is 4.79 Å². The Kier molecular flexibility index (Phi) is 3.10. The topological polar surface area (TPSA) is 59.8 Å². The Morgan fingerprint density at radius 2 is 1.86 bits per heavy atom. The monoisotopic (exact) mass is 282 g/mol. The molecule has 3 aromatic rings. The Morgan fingerprint density at radius 1 is 1.10 bits per heavy atom. The molecule has 21 heavy (non-hydrogen) atoms. The fourth-order valence-electron chi connectivity index (χ4n) is 2.53. The number of hydrogen-bond donors (Lipinski definition) is 1. The molecular weight excluding hydrogens is 268 g/mol. The van der Waals surface area contributed by atoms with Crippen LogP contribution in [0.4, 0.5) is 0 Å². The number of rotatable bonds is 2. The maximum Gasteiger partial charge on any atom is 0.340 e. The molecule has 2 heterocycles. The molecule has 0 unspecified atom stereocenters. The second-order valence-corrected chi connectivity index (χ2v) is 4.64. The van der Waals surface area contributed by atoms with Crippen molar-refractivity contribution in [2.45, 2.75) is 0 Å². The van der Waals surface area contributed by atoms with E-state index in [0.29, 0.717) is 11.1 Å². The average molecular weight is 282 g/mol. The number of hydrogen-bond acceptors (Lipinski definition) is 3. The van der Waals surface area contributed by atoms with E-state index in [1.807, 2.05) is 28.7 Å². The zero-order valence-electron chi connectivity index (χ0n) is 11.7. The number of nitrogens with zero attached hydrogens (tertiary/aromatic N) is 1. The summed E-state index contributed by atoms with van der Waals surface area (Å²) >= 11 is 0. The van der Waals surface area contributed by atoms with Crippen LogP contribution in [-0.2, 0) is 4.74 Å². The van der Waals surface area contributed by atoms with Crippen LogP contribution in [0.5, 0.6) is 0 Å². The van der Waals surface area contributed by atoms with Crippen molar-refractivity contribution in [1.29, 1.82) is 0 Å². The van der Waals surface area contributed by atoms with Crippen molar-refractivity contribution >= 4 is 28.3 Å². The van der Waals surface area contributed by atoms with E-state index >= 15 is 0 Å². The number of ether oxygens (including phenoxy) is 1. The lowest BCUT2D eigenvalue weighted by Gasteiger charge is -2.03. The molecule has 1 amide bonds. The summed E-state index contributed by atoms with van der Waals surface area (Å²) in [6.45, 7) is 0. The number of carbonyl (C=O) groups excluding carboxylic acids is 2. The molecule has 2 aromatic heterocycles. The Hall–Kier alpha value is -2.82. The fourth-order valence-corrected chi connectivity index (χ4v) is 2.53. The lowest BCUT2D eigenvalue weighted by Crippen LogP contribution is -2.18. The Bertz CT molecular complexity index is 864. The number of aromatic nitrogens is 1. The molecule has 3 rings (SSSR count). The summed E-state index contributed by atoms with van der Waals surface area (Å²) in [6, 6.07) is 11.0. The minimum absolute atomic E-state index is 0.172. The molecule has 0 aliphatic carbocycles. The second kappa shape index (κ2) is 4.94. The van der Waals surface area contributed by atoms with E-state index < -0.39 is 0 Å². The smallest absolute Gasteiger partial charge is 0.340 e. The van der Waals surface area contributed by atoms with Gasteiger partial charge < -0.3 is 14.5 Å². The van der Waals surface area contributed by atoms with Crippen LogP contribution in [0.3, 0.4) is 0 Å². The van der Waals surface area contributed by atoms with E-state index in [0.717, 1.165) is 16.4 Å². The van der Waals surface area contributed by atoms with Crippen LogP contribution >= 0.6 is 0 Å². The van der Waals surface area contributed by atoms with Gasteiger partial charge in [-0.2, -0.15) is 0 Å². The first kappa shape index (κ1) is 13.2. The molecule has 0 spiro atoms. The van der Waals surface area contributed by atoms with Gasteiger partial charge in [0.05, 0.1) is 29.3 Å². The molecule has 0 bridgehead atoms. The van der Waals surface area contributed by atoms with Gasteiger partial charge in [0.25, 0.3) is 5.91 Å². The number of fused-ring (bicyclic) bond motifs is 3. The molecule has 0 saturated heterocycles. The van der Waals surface area contributed by atoms with Gasteiger partial charge >= 0.3 is 5.97 Å². The zero-order chi connectivity index (χ0) is 15.0. The van der Waals surface area contributed by atoms with Gasteiger partial charge in [-0.25, -0.2) is 4.79 Å². The molecule has 5 heteroatoms. The van der Waals surface area contributed by atoms with Crippen molar-refractivity contribution in [1.82, 2.24) is 9.72 Å². The molecule has 0 fully saturated rings. The van der Waals surface area contributed by atoms with Gasteiger partial charge in [0.15, 0.2) is 0 Å². The number of carbonyl (C=O) groups is 2. The molecule has 0 saturated carbocycles. The lowest BCUT2D eigenvalue weighted by molar-refractivity contribution is 0.0605. The first-order chi connectivity index (χ1) is 10.2. The number of nitrogens with one attached hydrogen (secondary N) is 1. The predicted octanol–water partition coefficient (Wildman–Crippen LogP) is 2.24. The number of pyridine rings is 1. The molecule has 106 valence electrons. The highest BCUT2D eigenvalue weighted by molar-refractivity contribution is 6.12. The first-order valence-corrected chi connectivity index (χ1v) is 6.50. The average Bonchev–Trinajstić information content (AvgIpc) is 2.87. The maximum atomic E-state index is 12.1. The Morgan fingerprint density at radius 3 is 2.57 bits per heavy atom. The molecule has 1 N–H and O–H groups in total. The number of para-hydroxylation sites is 1. The first-order valence-electron chi connectivity index (χ1n) is 6.50. The molecular formula is C16H14N2O3. The summed E-state index contributed by atoms with van der Waals surface area (Å²) in [5.74, 6) is -0.560. The summed E-state index contributed by atoms with van der Waals surface area (Å²) in [5, 5.41) is 3.39. The molecule has 1 aromatic carbocycles. The summed E-state index contributed by atoms with van der Waals surface area (Å²) in [7, 11) is 2.94. The lowest BCUT2D eigenvalue weighted by atomic mass is 10.1. The third-order valence-corrected chi connectivity index (χ3v) is 3.52. The highest BCUT2D eigenvalue weighted by atomic mass is 16.5. The van der Waals surface area contributed by atoms with Gasteiger partial charge in [0, 0.05) is 18.6 Å². The van der Waals surface area contributed by atoms with Crippen molar-refractivity contribution in [3.05, 3.63) is 53.7 Å². The standard InChI is InChI=1S/C16H14N2O3/c1-17-15(19)10-7-8-13-14(16(20)21-2)11-5-3-4-6-12(11)18(13)9-10/h3-9H,1-2H3,(H,17,19). The van der Waals surface area contributed by atoms with Crippen LogP contribution in [-0.4, -0.2) is 30.4 Å². The number of amides is 1. The van der Waals surface area contributed by atoms with E-state index in [9.17, 15) is 9.59 Å². The minimum Gasteiger partial charge on any atom is -0.465 e. The normalized spacial score (nSPS) is 10.8. The fraction of sp³-hybridized carbons (Fsp3) is 0.125. The minimum atomic E-state index is -0.388. The van der Waals surface area contributed by atoms with Crippen LogP contribution in [0.1, 0.15) is 20.7 Å². The van der Waals surface area contributed by atoms with E-state index in [2.05, 4.69) is 5.32 Å². The van der Waals surface area contributed by atoms with Gasteiger partial charge in [-0.15, -0.1) is 0 Å². The van der Waals surface area contributed by atoms with Gasteiger partial charge in [-0.1, -0.05) is 18.2 Å². The van der Waals surface area contributed by atoms with E-state index in [4.69, 9.17) is 4.74 Å². The number of methoxy groups -OCH3 is 1. The summed E-state index contributed by atoms with van der Waals surface area (Å²) in [6.07, 6.45) is 1.73. The van der Waals surface area contributed by atoms with Crippen LogP contribution in [0.15, 0.2) is 42.6 Å². The third-order valence-electron chi connectivity index (χ3n) is 3.52. The van der Waals surface area contributed by atoms with Crippen molar-refractivity contribution in [3.8, 4) is 0 Å². The maximum absolute atomic E-state index is 12.1. The summed E-state index contributed by atoms with van der Waals surface area (Å²) in [5.41, 5.74) is 2.62. The van der Waals surface area contributed by atoms with Gasteiger partial charge in [0.2, 0.25) is 0 Å². The van der Waals surface area contributed by atoms with Gasteiger partial charge in [-0.05, 0) is 18.2 Å². The number of benzene rings is 1. The van der Waals surface area contributed by atoms with E-state index in [1.54, 1.807) is 25.4 Å². The van der Waals surface area contributed by atoms with Crippen molar-refractivity contribution in [2.24, 2.45) is 0 Å². The molecule has 0 atom stereocenters. The summed E-state index contributed by atoms with van der Waals surface area (Å²) < 4.78 is 6.72. The van der Waals surface area contributed by atoms with Crippen molar-refractivity contribution < 1.29 is 14.3 Å². The SMILES string of the molecule is CNC(=O)c1ccc2c(C(=O)OC)c3ccccc3n2c1. The van der Waals surface area contributed by atoms with E-state index in [1.165, 1.54) is 7.11 Å². The molecule has 0 radical (unpaired) electrons. The molecule has 5 nitrogen and oxygen atoms in total. The Balaban J connectivity index is 2.40. The van der Waals surface area contributed by atoms with Gasteiger partial charge in [0.1, 0.15) is 0 Å². The largest absolute Gasteiger partial charge is 0.465 e. The second-order valence-electron chi connectivity index (χ2n) is 4.64.